The highest BCUT2D eigenvalue weighted by Gasteiger charge is 2.39. The molecule has 4 aromatic carbocycles. The molecule has 1 aliphatic heterocycles. The van der Waals surface area contributed by atoms with Crippen LogP contribution < -0.4 is 0 Å². The molecule has 0 aromatic heterocycles. The fourth-order valence-corrected chi connectivity index (χ4v) is 6.84. The van der Waals surface area contributed by atoms with Crippen LogP contribution in [-0.4, -0.2) is 37.7 Å². The first-order valence-electron chi connectivity index (χ1n) is 15.8. The lowest BCUT2D eigenvalue weighted by atomic mass is 9.67. The second-order valence-electron chi connectivity index (χ2n) is 11.9. The average Bonchev–Trinajstić information content (AvgIpc) is 3.06. The average molecular weight is 582 g/mol. The monoisotopic (exact) mass is 581 g/mol. The second kappa shape index (κ2) is 16.1. The van der Waals surface area contributed by atoms with Gasteiger partial charge in [0.1, 0.15) is 0 Å². The smallest absolute Gasteiger partial charge is 0.0563 e. The Balaban J connectivity index is 0.00000405. The number of piperidine rings is 1. The Morgan fingerprint density at radius 3 is 1.60 bits per heavy atom. The summed E-state index contributed by atoms with van der Waals surface area (Å²) in [6, 6.07) is 44.6. The van der Waals surface area contributed by atoms with Crippen LogP contribution in [0.3, 0.4) is 0 Å². The first-order chi connectivity index (χ1) is 20.3. The zero-order valence-electron chi connectivity index (χ0n) is 25.3. The summed E-state index contributed by atoms with van der Waals surface area (Å²) in [6.07, 6.45) is 8.34. The van der Waals surface area contributed by atoms with Crippen LogP contribution in [0.5, 0.6) is 0 Å². The summed E-state index contributed by atoms with van der Waals surface area (Å²) < 4.78 is 6.38. The minimum Gasteiger partial charge on any atom is -0.381 e. The van der Waals surface area contributed by atoms with Gasteiger partial charge in [-0.25, -0.2) is 0 Å². The lowest BCUT2D eigenvalue weighted by Crippen LogP contribution is -2.46. The fourth-order valence-electron chi connectivity index (χ4n) is 6.84. The molecule has 0 spiro atoms. The van der Waals surface area contributed by atoms with E-state index in [1.807, 2.05) is 0 Å². The molecular formula is C39H48ClNO. The van der Waals surface area contributed by atoms with E-state index in [9.17, 15) is 0 Å². The highest BCUT2D eigenvalue weighted by molar-refractivity contribution is 5.85. The highest BCUT2D eigenvalue weighted by Crippen LogP contribution is 2.43. The van der Waals surface area contributed by atoms with E-state index < -0.39 is 0 Å². The molecule has 0 radical (unpaired) electrons. The fraction of sp³-hybridized carbons (Fsp3) is 0.385. The summed E-state index contributed by atoms with van der Waals surface area (Å²) >= 11 is 0. The summed E-state index contributed by atoms with van der Waals surface area (Å²) in [5.41, 5.74) is 5.45. The van der Waals surface area contributed by atoms with Crippen molar-refractivity contribution >= 4 is 12.4 Å². The van der Waals surface area contributed by atoms with Crippen molar-refractivity contribution in [1.29, 1.82) is 0 Å². The van der Waals surface area contributed by atoms with E-state index in [4.69, 9.17) is 4.74 Å². The number of hydrogen-bond acceptors (Lipinski definition) is 2. The molecule has 5 rings (SSSR count). The minimum atomic E-state index is -0.195. The van der Waals surface area contributed by atoms with Gasteiger partial charge in [0.15, 0.2) is 0 Å². The van der Waals surface area contributed by atoms with Gasteiger partial charge in [-0.2, -0.15) is 0 Å². The maximum Gasteiger partial charge on any atom is 0.0563 e. The molecule has 222 valence electrons. The predicted molar refractivity (Wildman–Crippen MR) is 180 cm³/mol. The van der Waals surface area contributed by atoms with Gasteiger partial charge in [0.05, 0.1) is 6.61 Å². The normalized spacial score (nSPS) is 15.2. The maximum absolute atomic E-state index is 6.38. The molecule has 1 aliphatic rings. The van der Waals surface area contributed by atoms with E-state index >= 15 is 0 Å². The standard InChI is InChI=1S/C39H47NO.ClH/c1-2-3-4-17-32-41-33-38(34-18-9-5-10-19-34)26-29-40(30-27-38)31-28-39(35-20-11-6-12-21-35,36-22-13-7-14-23-36)37-24-15-8-16-25-37;/h5-16,18-25H,2-4,17,26-33H2,1H3;1H. The molecule has 1 fully saturated rings. The number of benzene rings is 4. The molecule has 1 saturated heterocycles. The Bertz CT molecular complexity index is 1170. The minimum absolute atomic E-state index is 0. The van der Waals surface area contributed by atoms with E-state index in [1.165, 1.54) is 47.9 Å². The molecule has 0 aliphatic carbocycles. The third-order valence-corrected chi connectivity index (χ3v) is 9.32. The molecule has 1 heterocycles. The van der Waals surface area contributed by atoms with Crippen LogP contribution in [0, 0.1) is 0 Å². The van der Waals surface area contributed by atoms with Crippen molar-refractivity contribution in [2.24, 2.45) is 0 Å². The van der Waals surface area contributed by atoms with Gasteiger partial charge >= 0.3 is 0 Å². The molecule has 0 saturated carbocycles. The van der Waals surface area contributed by atoms with Gasteiger partial charge in [-0.15, -0.1) is 12.4 Å². The molecule has 4 aromatic rings. The Kier molecular flexibility index (Phi) is 12.3. The Morgan fingerprint density at radius 2 is 1.12 bits per heavy atom. The lowest BCUT2D eigenvalue weighted by molar-refractivity contribution is 0.0420. The first kappa shape index (κ1) is 32.0. The molecule has 0 atom stereocenters. The van der Waals surface area contributed by atoms with Crippen LogP contribution in [-0.2, 0) is 15.6 Å². The summed E-state index contributed by atoms with van der Waals surface area (Å²) in [5, 5.41) is 0. The second-order valence-corrected chi connectivity index (χ2v) is 11.9. The van der Waals surface area contributed by atoms with Crippen molar-refractivity contribution in [2.45, 2.75) is 62.7 Å². The Labute approximate surface area is 260 Å². The summed E-state index contributed by atoms with van der Waals surface area (Å²) in [7, 11) is 0. The summed E-state index contributed by atoms with van der Waals surface area (Å²) in [5.74, 6) is 0. The van der Waals surface area contributed by atoms with Crippen LogP contribution in [0.2, 0.25) is 0 Å². The number of hydrogen-bond donors (Lipinski definition) is 0. The van der Waals surface area contributed by atoms with Crippen LogP contribution >= 0.6 is 12.4 Å². The van der Waals surface area contributed by atoms with Gasteiger partial charge in [-0.05, 0) is 67.6 Å². The van der Waals surface area contributed by atoms with Gasteiger partial charge in [-0.3, -0.25) is 0 Å². The molecule has 42 heavy (non-hydrogen) atoms. The zero-order chi connectivity index (χ0) is 28.2. The van der Waals surface area contributed by atoms with Crippen LogP contribution in [0.25, 0.3) is 0 Å². The largest absolute Gasteiger partial charge is 0.381 e. The van der Waals surface area contributed by atoms with Crippen molar-refractivity contribution in [3.63, 3.8) is 0 Å². The Hall–Kier alpha value is -2.91. The van der Waals surface area contributed by atoms with E-state index in [2.05, 4.69) is 133 Å². The lowest BCUT2D eigenvalue weighted by Gasteiger charge is -2.44. The number of halogens is 1. The molecule has 0 unspecified atom stereocenters. The topological polar surface area (TPSA) is 12.5 Å². The molecule has 0 bridgehead atoms. The van der Waals surface area contributed by atoms with Crippen molar-refractivity contribution in [3.8, 4) is 0 Å². The van der Waals surface area contributed by atoms with Crippen molar-refractivity contribution < 1.29 is 4.74 Å². The third-order valence-electron chi connectivity index (χ3n) is 9.32. The quantitative estimate of drug-likeness (QED) is 0.109. The molecular weight excluding hydrogens is 534 g/mol. The SMILES string of the molecule is CCCCCCOCC1(c2ccccc2)CCN(CCC(c2ccccc2)(c2ccccc2)c2ccccc2)CC1.Cl. The molecule has 0 N–H and O–H groups in total. The van der Waals surface area contributed by atoms with E-state index in [1.54, 1.807) is 0 Å². The number of rotatable bonds is 14. The molecule has 0 amide bonds. The predicted octanol–water partition coefficient (Wildman–Crippen LogP) is 9.46. The first-order valence-corrected chi connectivity index (χ1v) is 15.8. The van der Waals surface area contributed by atoms with Crippen molar-refractivity contribution in [3.05, 3.63) is 144 Å². The van der Waals surface area contributed by atoms with E-state index in [-0.39, 0.29) is 23.2 Å². The highest BCUT2D eigenvalue weighted by atomic mass is 35.5. The van der Waals surface area contributed by atoms with Gasteiger partial charge in [0.2, 0.25) is 0 Å². The summed E-state index contributed by atoms with van der Waals surface area (Å²) in [6.45, 7) is 7.24. The van der Waals surface area contributed by atoms with Gasteiger partial charge in [0, 0.05) is 17.4 Å². The van der Waals surface area contributed by atoms with E-state index in [0.717, 1.165) is 52.1 Å². The molecule has 2 nitrogen and oxygen atoms in total. The van der Waals surface area contributed by atoms with E-state index in [0.29, 0.717) is 0 Å². The van der Waals surface area contributed by atoms with Gasteiger partial charge in [0.25, 0.3) is 0 Å². The molecule has 3 heteroatoms. The van der Waals surface area contributed by atoms with Crippen molar-refractivity contribution in [1.82, 2.24) is 4.90 Å². The number of nitrogens with zero attached hydrogens (tertiary/aromatic N) is 1. The van der Waals surface area contributed by atoms with Crippen LogP contribution in [0.15, 0.2) is 121 Å². The van der Waals surface area contributed by atoms with Gasteiger partial charge < -0.3 is 9.64 Å². The number of ether oxygens (including phenoxy) is 1. The Morgan fingerprint density at radius 1 is 0.643 bits per heavy atom. The number of unbranched alkanes of at least 4 members (excludes halogenated alkanes) is 3. The third kappa shape index (κ3) is 7.53. The van der Waals surface area contributed by atoms with Crippen molar-refractivity contribution in [2.75, 3.05) is 32.8 Å². The van der Waals surface area contributed by atoms with Gasteiger partial charge in [-0.1, -0.05) is 148 Å². The van der Waals surface area contributed by atoms with Crippen LogP contribution in [0.1, 0.15) is 74.1 Å². The number of likely N-dealkylation sites (tertiary alicyclic amines) is 1. The zero-order valence-corrected chi connectivity index (χ0v) is 26.1. The summed E-state index contributed by atoms with van der Waals surface area (Å²) in [4.78, 5) is 2.70. The maximum atomic E-state index is 6.38. The van der Waals surface area contributed by atoms with Crippen LogP contribution in [0.4, 0.5) is 0 Å².